The molecule has 0 saturated carbocycles. The molecule has 0 saturated heterocycles. The smallest absolute Gasteiger partial charge is 0.600 e. The Balaban J connectivity index is 0.00000180. The van der Waals surface area contributed by atoms with Gasteiger partial charge in [-0.15, -0.1) is 13.2 Å². The van der Waals surface area contributed by atoms with Crippen LogP contribution in [0.4, 0.5) is 13.2 Å². The SMILES string of the molecule is CCc1cc2ccc(C(C)C)cc2[s+]1C(F)(F)F.[Cl-]. The molecule has 0 amide bonds. The van der Waals surface area contributed by atoms with E-state index in [0.29, 0.717) is 16.0 Å². The zero-order valence-corrected chi connectivity index (χ0v) is 12.6. The normalized spacial score (nSPS) is 12.9. The third kappa shape index (κ3) is 3.06. The van der Waals surface area contributed by atoms with Crippen molar-refractivity contribution in [3.63, 3.8) is 0 Å². The molecule has 106 valence electrons. The van der Waals surface area contributed by atoms with Gasteiger partial charge in [0, 0.05) is 23.9 Å². The summed E-state index contributed by atoms with van der Waals surface area (Å²) in [6, 6.07) is 7.18. The molecule has 1 aromatic carbocycles. The van der Waals surface area contributed by atoms with Gasteiger partial charge in [0.1, 0.15) is 0 Å². The first kappa shape index (κ1) is 16.3. The lowest BCUT2D eigenvalue weighted by molar-refractivity contribution is -0.0867. The van der Waals surface area contributed by atoms with Crippen LogP contribution in [0.2, 0.25) is 0 Å². The number of benzene rings is 1. The van der Waals surface area contributed by atoms with E-state index in [9.17, 15) is 13.2 Å². The molecule has 0 fully saturated rings. The Morgan fingerprint density at radius 1 is 1.16 bits per heavy atom. The molecular weight excluding hydrogens is 293 g/mol. The van der Waals surface area contributed by atoms with Crippen LogP contribution in [-0.4, -0.2) is 0 Å². The molecule has 0 aliphatic rings. The lowest BCUT2D eigenvalue weighted by Crippen LogP contribution is -3.00. The number of thiophene rings is 1. The lowest BCUT2D eigenvalue weighted by atomic mass is 10.0. The van der Waals surface area contributed by atoms with Crippen molar-refractivity contribution in [1.82, 2.24) is 0 Å². The van der Waals surface area contributed by atoms with E-state index >= 15 is 0 Å². The summed E-state index contributed by atoms with van der Waals surface area (Å²) in [5.74, 6) is 0.250. The maximum absolute atomic E-state index is 13.2. The molecule has 0 spiro atoms. The number of hydrogen-bond acceptors (Lipinski definition) is 0. The number of aryl methyl sites for hydroxylation is 1. The number of alkyl halides is 3. The molecule has 0 radical (unpaired) electrons. The van der Waals surface area contributed by atoms with Crippen LogP contribution >= 0.6 is 10.5 Å². The second-order valence-corrected chi connectivity index (χ2v) is 6.71. The standard InChI is InChI=1S/C14H16F3S.ClH/c1-4-12-7-11-6-5-10(9(2)3)8-13(11)18(12)14(15,16)17;/h5-9H,4H2,1-3H3;1H/q+1;/p-1. The van der Waals surface area contributed by atoms with Crippen LogP contribution in [0.3, 0.4) is 0 Å². The Kier molecular flexibility index (Phi) is 4.91. The van der Waals surface area contributed by atoms with Crippen molar-refractivity contribution < 1.29 is 25.6 Å². The Morgan fingerprint density at radius 2 is 1.79 bits per heavy atom. The van der Waals surface area contributed by atoms with E-state index in [2.05, 4.69) is 0 Å². The molecule has 1 unspecified atom stereocenters. The lowest BCUT2D eigenvalue weighted by Gasteiger charge is -2.04. The van der Waals surface area contributed by atoms with Gasteiger partial charge in [-0.3, -0.25) is 0 Å². The summed E-state index contributed by atoms with van der Waals surface area (Å²) in [5.41, 5.74) is -3.19. The topological polar surface area (TPSA) is 0 Å². The Morgan fingerprint density at radius 3 is 2.26 bits per heavy atom. The quantitative estimate of drug-likeness (QED) is 0.749. The Hall–Kier alpha value is -0.740. The minimum Gasteiger partial charge on any atom is -1.00 e. The molecule has 1 atom stereocenters. The minimum atomic E-state index is -4.16. The minimum absolute atomic E-state index is 0. The van der Waals surface area contributed by atoms with Gasteiger partial charge in [-0.2, -0.15) is 0 Å². The average Bonchev–Trinajstić information content (AvgIpc) is 2.65. The highest BCUT2D eigenvalue weighted by Gasteiger charge is 2.47. The number of rotatable bonds is 2. The average molecular weight is 309 g/mol. The first-order chi connectivity index (χ1) is 8.34. The van der Waals surface area contributed by atoms with E-state index in [4.69, 9.17) is 0 Å². The van der Waals surface area contributed by atoms with Crippen LogP contribution in [-0.2, 0) is 11.9 Å². The van der Waals surface area contributed by atoms with Gasteiger partial charge in [-0.25, -0.2) is 0 Å². The van der Waals surface area contributed by atoms with Crippen molar-refractivity contribution in [3.05, 3.63) is 34.7 Å². The zero-order chi connectivity index (χ0) is 13.5. The molecule has 5 heteroatoms. The van der Waals surface area contributed by atoms with E-state index in [-0.39, 0.29) is 18.3 Å². The van der Waals surface area contributed by atoms with E-state index in [1.165, 1.54) is 0 Å². The summed E-state index contributed by atoms with van der Waals surface area (Å²) >= 11 is 0. The maximum Gasteiger partial charge on any atom is 0.600 e. The fourth-order valence-corrected chi connectivity index (χ4v) is 4.08. The summed E-state index contributed by atoms with van der Waals surface area (Å²) in [6.07, 6.45) is 0.453. The number of hydrogen-bond donors (Lipinski definition) is 0. The third-order valence-corrected chi connectivity index (χ3v) is 5.27. The summed E-state index contributed by atoms with van der Waals surface area (Å²) in [5, 5.41) is 0.733. The third-order valence-electron chi connectivity index (χ3n) is 3.08. The highest BCUT2D eigenvalue weighted by atomic mass is 35.5. The highest BCUT2D eigenvalue weighted by Crippen LogP contribution is 2.51. The van der Waals surface area contributed by atoms with E-state index in [0.717, 1.165) is 10.9 Å². The van der Waals surface area contributed by atoms with Crippen LogP contribution in [0, 0.1) is 0 Å². The molecule has 1 aromatic heterocycles. The van der Waals surface area contributed by atoms with Gasteiger partial charge in [0.25, 0.3) is 0 Å². The molecular formula is C14H16ClF3S. The van der Waals surface area contributed by atoms with Crippen molar-refractivity contribution in [2.75, 3.05) is 0 Å². The Labute approximate surface area is 120 Å². The molecule has 0 aliphatic carbocycles. The molecule has 0 aliphatic heterocycles. The molecule has 0 N–H and O–H groups in total. The van der Waals surface area contributed by atoms with Crippen LogP contribution in [0.15, 0.2) is 24.3 Å². The second kappa shape index (κ2) is 5.71. The van der Waals surface area contributed by atoms with E-state index < -0.39 is 16.0 Å². The number of halogens is 4. The van der Waals surface area contributed by atoms with Crippen molar-refractivity contribution >= 4 is 20.6 Å². The van der Waals surface area contributed by atoms with Crippen molar-refractivity contribution in [1.29, 1.82) is 0 Å². The number of fused-ring (bicyclic) bond motifs is 1. The summed E-state index contributed by atoms with van der Waals surface area (Å²) in [6.45, 7) is 5.78. The van der Waals surface area contributed by atoms with Crippen LogP contribution in [0.5, 0.6) is 0 Å². The molecule has 1 heterocycles. The first-order valence-electron chi connectivity index (χ1n) is 6.00. The molecule has 2 rings (SSSR count). The largest absolute Gasteiger partial charge is 1.00 e. The van der Waals surface area contributed by atoms with Crippen molar-refractivity contribution in [2.45, 2.75) is 38.6 Å². The van der Waals surface area contributed by atoms with E-state index in [1.54, 1.807) is 19.1 Å². The van der Waals surface area contributed by atoms with Crippen LogP contribution < -0.4 is 12.4 Å². The van der Waals surface area contributed by atoms with Crippen LogP contribution in [0.25, 0.3) is 10.1 Å². The van der Waals surface area contributed by atoms with Gasteiger partial charge < -0.3 is 12.4 Å². The summed E-state index contributed by atoms with van der Waals surface area (Å²) < 4.78 is 40.0. The monoisotopic (exact) mass is 308 g/mol. The zero-order valence-electron chi connectivity index (χ0n) is 11.0. The molecule has 19 heavy (non-hydrogen) atoms. The van der Waals surface area contributed by atoms with Crippen molar-refractivity contribution in [2.24, 2.45) is 0 Å². The van der Waals surface area contributed by atoms with Gasteiger partial charge in [0.2, 0.25) is 0 Å². The van der Waals surface area contributed by atoms with Gasteiger partial charge in [0.15, 0.2) is 9.58 Å². The molecule has 0 bridgehead atoms. The van der Waals surface area contributed by atoms with E-state index in [1.807, 2.05) is 26.0 Å². The van der Waals surface area contributed by atoms with Crippen LogP contribution in [0.1, 0.15) is 37.1 Å². The van der Waals surface area contributed by atoms with Gasteiger partial charge in [-0.1, -0.05) is 26.8 Å². The van der Waals surface area contributed by atoms with Crippen molar-refractivity contribution in [3.8, 4) is 0 Å². The van der Waals surface area contributed by atoms with Gasteiger partial charge >= 0.3 is 5.51 Å². The predicted octanol–water partition coefficient (Wildman–Crippen LogP) is 2.76. The second-order valence-electron chi connectivity index (χ2n) is 4.67. The first-order valence-corrected chi connectivity index (χ1v) is 7.22. The highest BCUT2D eigenvalue weighted by molar-refractivity contribution is 7.38. The molecule has 0 nitrogen and oxygen atoms in total. The fourth-order valence-electron chi connectivity index (χ4n) is 2.10. The summed E-state index contributed by atoms with van der Waals surface area (Å²) in [4.78, 5) is 0.499. The van der Waals surface area contributed by atoms with Gasteiger partial charge in [0.05, 0.1) is 10.5 Å². The Bertz CT molecular complexity index is 570. The molecule has 2 aromatic rings. The predicted molar refractivity (Wildman–Crippen MR) is 71.2 cm³/mol. The van der Waals surface area contributed by atoms with Gasteiger partial charge in [-0.05, 0) is 17.5 Å². The maximum atomic E-state index is 13.2. The fraction of sp³-hybridized carbons (Fsp3) is 0.429. The summed E-state index contributed by atoms with van der Waals surface area (Å²) in [7, 11) is -1.72.